The van der Waals surface area contributed by atoms with Crippen LogP contribution in [0.2, 0.25) is 0 Å². The summed E-state index contributed by atoms with van der Waals surface area (Å²) in [7, 11) is 0. The molecule has 1 spiro atoms. The first-order valence-electron chi connectivity index (χ1n) is 16.5. The van der Waals surface area contributed by atoms with E-state index in [1.807, 2.05) is 54.6 Å². The summed E-state index contributed by atoms with van der Waals surface area (Å²) in [5.41, 5.74) is 3.67. The number of amides is 3. The van der Waals surface area contributed by atoms with Crippen molar-refractivity contribution in [2.24, 2.45) is 0 Å². The van der Waals surface area contributed by atoms with Crippen molar-refractivity contribution in [1.82, 2.24) is 15.5 Å². The largest absolute Gasteiger partial charge is 0.465 e. The molecule has 3 aromatic rings. The Labute approximate surface area is 280 Å². The number of likely N-dealkylation sites (tertiary alicyclic amines) is 1. The number of rotatable bonds is 10. The van der Waals surface area contributed by atoms with Crippen molar-refractivity contribution in [2.75, 3.05) is 49.7 Å². The molecule has 3 aliphatic rings. The maximum absolute atomic E-state index is 13.2. The number of piperidine rings is 1. The predicted molar refractivity (Wildman–Crippen MR) is 179 cm³/mol. The fourth-order valence-electron chi connectivity index (χ4n) is 6.72. The summed E-state index contributed by atoms with van der Waals surface area (Å²) in [6.07, 6.45) is 1.05. The van der Waals surface area contributed by atoms with Crippen LogP contribution < -0.4 is 20.9 Å². The van der Waals surface area contributed by atoms with E-state index < -0.39 is 23.8 Å². The maximum Gasteiger partial charge on any atom is 0.325 e. The highest BCUT2D eigenvalue weighted by Crippen LogP contribution is 2.40. The van der Waals surface area contributed by atoms with E-state index in [2.05, 4.69) is 37.9 Å². The molecule has 4 N–H and O–H groups in total. The minimum Gasteiger partial charge on any atom is -0.465 e. The molecule has 3 amide bonds. The van der Waals surface area contributed by atoms with E-state index in [0.717, 1.165) is 35.5 Å². The molecule has 12 heteroatoms. The second-order valence-corrected chi connectivity index (χ2v) is 12.3. The number of anilines is 2. The lowest BCUT2D eigenvalue weighted by molar-refractivity contribution is -0.253. The summed E-state index contributed by atoms with van der Waals surface area (Å²) in [6, 6.07) is 24.6. The number of aliphatic hydroxyl groups is 1. The number of esters is 1. The number of nitrogens with zero attached hydrogens (tertiary/aromatic N) is 2. The van der Waals surface area contributed by atoms with Gasteiger partial charge in [-0.2, -0.15) is 0 Å². The molecular formula is C36H43N5O7. The normalized spacial score (nSPS) is 22.2. The highest BCUT2D eigenvalue weighted by molar-refractivity contribution is 5.93. The van der Waals surface area contributed by atoms with Crippen molar-refractivity contribution in [2.45, 2.75) is 56.8 Å². The van der Waals surface area contributed by atoms with Gasteiger partial charge in [0, 0.05) is 43.0 Å². The van der Waals surface area contributed by atoms with E-state index >= 15 is 0 Å². The Morgan fingerprint density at radius 1 is 0.979 bits per heavy atom. The van der Waals surface area contributed by atoms with Crippen LogP contribution in [0.15, 0.2) is 78.9 Å². The molecule has 0 aromatic heterocycles. The van der Waals surface area contributed by atoms with Gasteiger partial charge in [-0.1, -0.05) is 54.6 Å². The van der Waals surface area contributed by atoms with Crippen LogP contribution in [-0.2, 0) is 30.4 Å². The minimum atomic E-state index is -0.650. The van der Waals surface area contributed by atoms with Gasteiger partial charge in [0.05, 0.1) is 32.1 Å². The van der Waals surface area contributed by atoms with E-state index in [9.17, 15) is 19.5 Å². The molecule has 0 saturated carbocycles. The van der Waals surface area contributed by atoms with Gasteiger partial charge in [-0.15, -0.1) is 0 Å². The quantitative estimate of drug-likeness (QED) is 0.240. The topological polar surface area (TPSA) is 142 Å². The SMILES string of the molecule is CCOC(=O)CNC(=O)Nc1ccc([C@@H]2O[C@H](CN3CCC4(CC3)C(=O)NCN4c3ccccc3)C[C@H](c3ccc(CO)cc3)O2)cc1. The Morgan fingerprint density at radius 2 is 1.69 bits per heavy atom. The van der Waals surface area contributed by atoms with E-state index in [-0.39, 0.29) is 37.9 Å². The number of hydrogen-bond acceptors (Lipinski definition) is 9. The van der Waals surface area contributed by atoms with Gasteiger partial charge >= 0.3 is 12.0 Å². The molecule has 3 fully saturated rings. The van der Waals surface area contributed by atoms with Crippen LogP contribution in [0.5, 0.6) is 0 Å². The standard InChI is InChI=1S/C36H43N5O7/c1-2-46-32(43)21-37-35(45)39-28-14-12-27(13-15-28)33-47-30(20-31(48-33)26-10-8-25(23-42)9-11-26)22-40-18-16-36(17-19-40)34(44)38-24-41(36)29-6-4-3-5-7-29/h3-15,30-31,33,42H,2,16-24H2,1H3,(H,38,44)(H2,37,39,45)/t30-,31+,33+/m0/s1. The summed E-state index contributed by atoms with van der Waals surface area (Å²) in [6.45, 7) is 4.42. The fraction of sp³-hybridized carbons (Fsp3) is 0.417. The van der Waals surface area contributed by atoms with Crippen LogP contribution in [0, 0.1) is 0 Å². The van der Waals surface area contributed by atoms with Gasteiger partial charge in [-0.05, 0) is 55.2 Å². The second kappa shape index (κ2) is 15.2. The zero-order valence-corrected chi connectivity index (χ0v) is 27.1. The molecule has 3 aliphatic heterocycles. The Balaban J connectivity index is 1.12. The smallest absolute Gasteiger partial charge is 0.325 e. The molecule has 48 heavy (non-hydrogen) atoms. The van der Waals surface area contributed by atoms with Gasteiger partial charge in [0.25, 0.3) is 0 Å². The Morgan fingerprint density at radius 3 is 2.38 bits per heavy atom. The number of para-hydroxylation sites is 1. The van der Waals surface area contributed by atoms with Crippen molar-refractivity contribution < 1.29 is 33.7 Å². The molecular weight excluding hydrogens is 614 g/mol. The minimum absolute atomic E-state index is 0.0302. The maximum atomic E-state index is 13.2. The molecule has 3 aromatic carbocycles. The van der Waals surface area contributed by atoms with Gasteiger partial charge in [-0.3, -0.25) is 9.59 Å². The molecule has 3 saturated heterocycles. The van der Waals surface area contributed by atoms with Crippen LogP contribution in [0.4, 0.5) is 16.2 Å². The van der Waals surface area contributed by atoms with E-state index in [1.165, 1.54) is 0 Å². The first kappa shape index (κ1) is 33.4. The number of benzene rings is 3. The third-order valence-corrected chi connectivity index (χ3v) is 9.30. The molecule has 0 radical (unpaired) electrons. The molecule has 0 unspecified atom stereocenters. The van der Waals surface area contributed by atoms with Crippen LogP contribution in [0.25, 0.3) is 0 Å². The van der Waals surface area contributed by atoms with Crippen LogP contribution >= 0.6 is 0 Å². The average molecular weight is 658 g/mol. The highest BCUT2D eigenvalue weighted by atomic mass is 16.7. The molecule has 0 aliphatic carbocycles. The highest BCUT2D eigenvalue weighted by Gasteiger charge is 2.50. The number of urea groups is 1. The fourth-order valence-corrected chi connectivity index (χ4v) is 6.72. The zero-order chi connectivity index (χ0) is 33.5. The first-order chi connectivity index (χ1) is 23.4. The lowest BCUT2D eigenvalue weighted by Gasteiger charge is -2.45. The van der Waals surface area contributed by atoms with E-state index in [0.29, 0.717) is 38.2 Å². The summed E-state index contributed by atoms with van der Waals surface area (Å²) in [5.74, 6) is -0.416. The molecule has 0 bridgehead atoms. The van der Waals surface area contributed by atoms with Crippen molar-refractivity contribution in [1.29, 1.82) is 0 Å². The van der Waals surface area contributed by atoms with E-state index in [4.69, 9.17) is 14.2 Å². The van der Waals surface area contributed by atoms with Crippen molar-refractivity contribution in [3.8, 4) is 0 Å². The number of carbonyl (C=O) groups is 3. The third kappa shape index (κ3) is 7.63. The van der Waals surface area contributed by atoms with Gasteiger partial charge in [0.1, 0.15) is 12.1 Å². The molecule has 12 nitrogen and oxygen atoms in total. The van der Waals surface area contributed by atoms with Crippen molar-refractivity contribution in [3.05, 3.63) is 95.6 Å². The summed E-state index contributed by atoms with van der Waals surface area (Å²) in [5, 5.41) is 17.8. The first-order valence-corrected chi connectivity index (χ1v) is 16.5. The number of aliphatic hydroxyl groups excluding tert-OH is 1. The molecule has 3 heterocycles. The van der Waals surface area contributed by atoms with Crippen LogP contribution in [0.1, 0.15) is 55.3 Å². The lowest BCUT2D eigenvalue weighted by Crippen LogP contribution is -2.57. The summed E-state index contributed by atoms with van der Waals surface area (Å²) >= 11 is 0. The van der Waals surface area contributed by atoms with Gasteiger partial charge < -0.3 is 45.1 Å². The third-order valence-electron chi connectivity index (χ3n) is 9.30. The van der Waals surface area contributed by atoms with Crippen LogP contribution in [0.3, 0.4) is 0 Å². The second-order valence-electron chi connectivity index (χ2n) is 12.3. The summed E-state index contributed by atoms with van der Waals surface area (Å²) in [4.78, 5) is 41.6. The molecule has 3 atom stereocenters. The molecule has 254 valence electrons. The zero-order valence-electron chi connectivity index (χ0n) is 27.1. The number of nitrogens with one attached hydrogen (secondary N) is 3. The Kier molecular flexibility index (Phi) is 10.6. The van der Waals surface area contributed by atoms with Crippen molar-refractivity contribution >= 4 is 29.3 Å². The molecule has 6 rings (SSSR count). The van der Waals surface area contributed by atoms with Gasteiger partial charge in [-0.25, -0.2) is 4.79 Å². The van der Waals surface area contributed by atoms with Crippen molar-refractivity contribution in [3.63, 3.8) is 0 Å². The summed E-state index contributed by atoms with van der Waals surface area (Å²) < 4.78 is 17.9. The lowest BCUT2D eigenvalue weighted by atomic mass is 9.85. The number of carbonyl (C=O) groups excluding carboxylic acids is 3. The predicted octanol–water partition coefficient (Wildman–Crippen LogP) is 3.84. The van der Waals surface area contributed by atoms with Gasteiger partial charge in [0.2, 0.25) is 5.91 Å². The Hall–Kier alpha value is -4.49. The van der Waals surface area contributed by atoms with Crippen LogP contribution in [-0.4, -0.2) is 79.0 Å². The monoisotopic (exact) mass is 657 g/mol. The van der Waals surface area contributed by atoms with E-state index in [1.54, 1.807) is 19.1 Å². The Bertz CT molecular complexity index is 1550. The van der Waals surface area contributed by atoms with Gasteiger partial charge in [0.15, 0.2) is 6.29 Å². The number of ether oxygens (including phenoxy) is 3. The average Bonchev–Trinajstić information content (AvgIpc) is 3.43. The number of hydrogen-bond donors (Lipinski definition) is 4.